The van der Waals surface area contributed by atoms with Crippen molar-refractivity contribution in [2.24, 2.45) is 5.73 Å². The Labute approximate surface area is 130 Å². The molecule has 0 amide bonds. The molecular formula is C15H19N5S. The molecule has 5 nitrogen and oxygen atoms in total. The number of nitrogens with two attached hydrogens (primary N) is 1. The topological polar surface area (TPSA) is 76.7 Å². The molecule has 2 aromatic rings. The average Bonchev–Trinajstić information content (AvgIpc) is 2.48. The van der Waals surface area contributed by atoms with E-state index < -0.39 is 0 Å². The molecule has 0 bridgehead atoms. The molecule has 2 aromatic heterocycles. The van der Waals surface area contributed by atoms with Gasteiger partial charge in [0, 0.05) is 6.20 Å². The summed E-state index contributed by atoms with van der Waals surface area (Å²) in [4.78, 5) is 4.59. The molecule has 2 heterocycles. The smallest absolute Gasteiger partial charge is 0.163 e. The van der Waals surface area contributed by atoms with Gasteiger partial charge in [-0.15, -0.1) is 5.10 Å². The first-order valence-corrected chi connectivity index (χ1v) is 7.36. The van der Waals surface area contributed by atoms with E-state index in [1.165, 1.54) is 0 Å². The number of anilines is 2. The molecule has 0 fully saturated rings. The van der Waals surface area contributed by atoms with E-state index in [1.807, 2.05) is 26.0 Å². The summed E-state index contributed by atoms with van der Waals surface area (Å²) in [6.45, 7) is 6.04. The van der Waals surface area contributed by atoms with Crippen molar-refractivity contribution in [2.45, 2.75) is 33.6 Å². The number of pyridine rings is 1. The van der Waals surface area contributed by atoms with Crippen molar-refractivity contribution in [1.82, 2.24) is 15.2 Å². The Morgan fingerprint density at radius 1 is 1.29 bits per heavy atom. The Balaban J connectivity index is 2.54. The second-order valence-corrected chi connectivity index (χ2v) is 5.12. The van der Waals surface area contributed by atoms with Crippen LogP contribution in [0.25, 0.3) is 0 Å². The maximum absolute atomic E-state index is 5.91. The van der Waals surface area contributed by atoms with Crippen molar-refractivity contribution in [3.8, 4) is 0 Å². The molecule has 0 spiro atoms. The predicted octanol–water partition coefficient (Wildman–Crippen LogP) is 2.68. The molecular weight excluding hydrogens is 282 g/mol. The fourth-order valence-corrected chi connectivity index (χ4v) is 2.49. The van der Waals surface area contributed by atoms with E-state index >= 15 is 0 Å². The van der Waals surface area contributed by atoms with Gasteiger partial charge >= 0.3 is 0 Å². The first kappa shape index (κ1) is 15.3. The molecule has 110 valence electrons. The third kappa shape index (κ3) is 3.16. The summed E-state index contributed by atoms with van der Waals surface area (Å²) in [6.07, 6.45) is 3.36. The normalized spacial score (nSPS) is 10.4. The van der Waals surface area contributed by atoms with Crippen molar-refractivity contribution in [2.75, 3.05) is 5.32 Å². The van der Waals surface area contributed by atoms with E-state index in [9.17, 15) is 0 Å². The summed E-state index contributed by atoms with van der Waals surface area (Å²) in [5.41, 5.74) is 10.4. The molecule has 0 aliphatic carbocycles. The Kier molecular flexibility index (Phi) is 4.80. The van der Waals surface area contributed by atoms with Gasteiger partial charge in [-0.05, 0) is 37.5 Å². The van der Waals surface area contributed by atoms with Gasteiger partial charge in [-0.2, -0.15) is 5.10 Å². The number of rotatable bonds is 5. The molecule has 6 heteroatoms. The van der Waals surface area contributed by atoms with Crippen molar-refractivity contribution >= 4 is 28.7 Å². The molecule has 0 atom stereocenters. The number of nitrogens with zero attached hydrogens (tertiary/aromatic N) is 3. The van der Waals surface area contributed by atoms with Crippen molar-refractivity contribution in [3.05, 3.63) is 40.8 Å². The van der Waals surface area contributed by atoms with Crippen molar-refractivity contribution < 1.29 is 0 Å². The van der Waals surface area contributed by atoms with Gasteiger partial charge < -0.3 is 11.1 Å². The Bertz CT molecular complexity index is 669. The first-order chi connectivity index (χ1) is 10.1. The summed E-state index contributed by atoms with van der Waals surface area (Å²) in [5.74, 6) is 0.590. The van der Waals surface area contributed by atoms with Gasteiger partial charge in [0.25, 0.3) is 0 Å². The minimum absolute atomic E-state index is 0.334. The van der Waals surface area contributed by atoms with Crippen LogP contribution in [0, 0.1) is 6.92 Å². The molecule has 3 N–H and O–H groups in total. The highest BCUT2D eigenvalue weighted by molar-refractivity contribution is 7.80. The van der Waals surface area contributed by atoms with Crippen LogP contribution in [0.5, 0.6) is 0 Å². The van der Waals surface area contributed by atoms with Gasteiger partial charge in [0.1, 0.15) is 4.99 Å². The van der Waals surface area contributed by atoms with E-state index in [-0.39, 0.29) is 0 Å². The lowest BCUT2D eigenvalue weighted by molar-refractivity contribution is 0.879. The highest BCUT2D eigenvalue weighted by atomic mass is 32.1. The third-order valence-electron chi connectivity index (χ3n) is 3.35. The number of aryl methyl sites for hydroxylation is 2. The van der Waals surface area contributed by atoms with Crippen LogP contribution in [0.4, 0.5) is 11.5 Å². The van der Waals surface area contributed by atoms with Gasteiger partial charge in [-0.3, -0.25) is 4.98 Å². The van der Waals surface area contributed by atoms with E-state index in [0.29, 0.717) is 10.8 Å². The minimum atomic E-state index is 0.334. The summed E-state index contributed by atoms with van der Waals surface area (Å²) in [6, 6.07) is 3.80. The Morgan fingerprint density at radius 3 is 2.62 bits per heavy atom. The maximum atomic E-state index is 5.91. The van der Waals surface area contributed by atoms with Gasteiger partial charge in [0.05, 0.1) is 22.6 Å². The lowest BCUT2D eigenvalue weighted by Gasteiger charge is -2.16. The first-order valence-electron chi connectivity index (χ1n) is 6.95. The molecule has 0 saturated heterocycles. The third-order valence-corrected chi connectivity index (χ3v) is 3.56. The number of nitrogens with one attached hydrogen (secondary N) is 1. The SMILES string of the molecule is CCc1nnc(Nc2cccnc2C)c(C(N)=S)c1CC. The number of thiocarbonyl (C=S) groups is 1. The predicted molar refractivity (Wildman–Crippen MR) is 88.9 cm³/mol. The molecule has 2 rings (SSSR count). The van der Waals surface area contributed by atoms with E-state index in [4.69, 9.17) is 18.0 Å². The van der Waals surface area contributed by atoms with E-state index in [1.54, 1.807) is 6.20 Å². The van der Waals surface area contributed by atoms with E-state index in [0.717, 1.165) is 41.0 Å². The van der Waals surface area contributed by atoms with Gasteiger partial charge in [0.15, 0.2) is 5.82 Å². The summed E-state index contributed by atoms with van der Waals surface area (Å²) >= 11 is 5.21. The standard InChI is InChI=1S/C15H19N5S/c1-4-10-11(5-2)19-20-15(13(10)14(16)21)18-12-7-6-8-17-9(12)3/h6-8H,4-5H2,1-3H3,(H2,16,21)(H,18,20). The minimum Gasteiger partial charge on any atom is -0.389 e. The van der Waals surface area contributed by atoms with Crippen LogP contribution in [0.15, 0.2) is 18.3 Å². The number of aromatic nitrogens is 3. The zero-order valence-electron chi connectivity index (χ0n) is 12.5. The van der Waals surface area contributed by atoms with Crippen LogP contribution in [0.1, 0.15) is 36.4 Å². The van der Waals surface area contributed by atoms with Crippen LogP contribution in [-0.4, -0.2) is 20.2 Å². The largest absolute Gasteiger partial charge is 0.389 e. The molecule has 21 heavy (non-hydrogen) atoms. The zero-order valence-corrected chi connectivity index (χ0v) is 13.3. The second-order valence-electron chi connectivity index (χ2n) is 4.68. The Hall–Kier alpha value is -2.08. The maximum Gasteiger partial charge on any atom is 0.163 e. The molecule has 0 aliphatic heterocycles. The summed E-state index contributed by atoms with van der Waals surface area (Å²) < 4.78 is 0. The summed E-state index contributed by atoms with van der Waals surface area (Å²) in [5, 5.41) is 11.8. The molecule has 0 aromatic carbocycles. The van der Waals surface area contributed by atoms with Gasteiger partial charge in [-0.25, -0.2) is 0 Å². The highest BCUT2D eigenvalue weighted by Gasteiger charge is 2.17. The van der Waals surface area contributed by atoms with Crippen LogP contribution in [0.3, 0.4) is 0 Å². The molecule has 0 aliphatic rings. The lowest BCUT2D eigenvalue weighted by atomic mass is 10.0. The monoisotopic (exact) mass is 301 g/mol. The average molecular weight is 301 g/mol. The fourth-order valence-electron chi connectivity index (χ4n) is 2.27. The molecule has 0 saturated carbocycles. The van der Waals surface area contributed by atoms with Gasteiger partial charge in [-0.1, -0.05) is 26.1 Å². The van der Waals surface area contributed by atoms with Crippen molar-refractivity contribution in [3.63, 3.8) is 0 Å². The number of hydrogen-bond acceptors (Lipinski definition) is 5. The summed E-state index contributed by atoms with van der Waals surface area (Å²) in [7, 11) is 0. The highest BCUT2D eigenvalue weighted by Crippen LogP contribution is 2.24. The molecule has 0 unspecified atom stereocenters. The quantitative estimate of drug-likeness (QED) is 0.827. The second kappa shape index (κ2) is 6.58. The molecule has 0 radical (unpaired) electrons. The van der Waals surface area contributed by atoms with E-state index in [2.05, 4.69) is 27.4 Å². The zero-order chi connectivity index (χ0) is 15.4. The van der Waals surface area contributed by atoms with Crippen molar-refractivity contribution in [1.29, 1.82) is 0 Å². The van der Waals surface area contributed by atoms with Crippen LogP contribution < -0.4 is 11.1 Å². The Morgan fingerprint density at radius 2 is 2.05 bits per heavy atom. The van der Waals surface area contributed by atoms with Crippen LogP contribution in [0.2, 0.25) is 0 Å². The van der Waals surface area contributed by atoms with Crippen LogP contribution in [-0.2, 0) is 12.8 Å². The number of hydrogen-bond donors (Lipinski definition) is 2. The lowest BCUT2D eigenvalue weighted by Crippen LogP contribution is -2.19. The fraction of sp³-hybridized carbons (Fsp3) is 0.333. The van der Waals surface area contributed by atoms with Gasteiger partial charge in [0.2, 0.25) is 0 Å². The van der Waals surface area contributed by atoms with Crippen LogP contribution >= 0.6 is 12.2 Å².